The molecular formula is C23H26N4O7S3. The molecule has 0 atom stereocenters. The summed E-state index contributed by atoms with van der Waals surface area (Å²) in [5.74, 6) is -1.98. The Morgan fingerprint density at radius 1 is 1.05 bits per heavy atom. The Morgan fingerprint density at radius 2 is 1.70 bits per heavy atom. The van der Waals surface area contributed by atoms with Gasteiger partial charge >= 0.3 is 11.9 Å². The Morgan fingerprint density at radius 3 is 2.30 bits per heavy atom. The molecule has 0 aliphatic carbocycles. The van der Waals surface area contributed by atoms with Gasteiger partial charge in [-0.25, -0.2) is 18.0 Å². The molecule has 0 saturated carbocycles. The van der Waals surface area contributed by atoms with Crippen LogP contribution in [0.5, 0.6) is 0 Å². The molecule has 0 aliphatic heterocycles. The lowest BCUT2D eigenvalue weighted by atomic mass is 10.1. The third kappa shape index (κ3) is 6.37. The molecule has 0 spiro atoms. The number of hydrogen-bond donors (Lipinski definition) is 1. The summed E-state index contributed by atoms with van der Waals surface area (Å²) in [5.41, 5.74) is 1.37. The van der Waals surface area contributed by atoms with Gasteiger partial charge in [0.15, 0.2) is 15.0 Å². The van der Waals surface area contributed by atoms with Crippen LogP contribution in [0.1, 0.15) is 43.9 Å². The first-order valence-electron chi connectivity index (χ1n) is 11.0. The third-order valence-corrected chi connectivity index (χ3v) is 9.08. The summed E-state index contributed by atoms with van der Waals surface area (Å²) < 4.78 is 36.9. The zero-order chi connectivity index (χ0) is 27.3. The molecule has 1 amide bonds. The quantitative estimate of drug-likeness (QED) is 0.286. The highest BCUT2D eigenvalue weighted by Gasteiger charge is 2.27. The van der Waals surface area contributed by atoms with Crippen molar-refractivity contribution in [1.82, 2.24) is 14.8 Å². The first kappa shape index (κ1) is 28.3. The molecule has 11 nitrogen and oxygen atoms in total. The van der Waals surface area contributed by atoms with Crippen molar-refractivity contribution in [2.45, 2.75) is 43.1 Å². The average Bonchev–Trinajstić information content (AvgIpc) is 3.40. The normalized spacial score (nSPS) is 11.3. The van der Waals surface area contributed by atoms with E-state index < -0.39 is 27.7 Å². The number of nitrogens with one attached hydrogen (secondary N) is 1. The van der Waals surface area contributed by atoms with Crippen LogP contribution in [0.4, 0.5) is 5.00 Å². The lowest BCUT2D eigenvalue weighted by molar-refractivity contribution is -0.113. The Hall–Kier alpha value is -3.23. The van der Waals surface area contributed by atoms with Crippen molar-refractivity contribution in [1.29, 1.82) is 0 Å². The number of methoxy groups -OCH3 is 2. The fourth-order valence-corrected chi connectivity index (χ4v) is 6.60. The van der Waals surface area contributed by atoms with Crippen LogP contribution in [0.25, 0.3) is 0 Å². The van der Waals surface area contributed by atoms with Crippen LogP contribution < -0.4 is 5.32 Å². The molecule has 0 aliphatic rings. The highest BCUT2D eigenvalue weighted by atomic mass is 32.2. The first-order valence-corrected chi connectivity index (χ1v) is 14.4. The maximum atomic E-state index is 12.8. The van der Waals surface area contributed by atoms with Gasteiger partial charge in [-0.1, -0.05) is 29.5 Å². The summed E-state index contributed by atoms with van der Waals surface area (Å²) in [4.78, 5) is 37.4. The number of ether oxygens (including phenoxy) is 2. The summed E-state index contributed by atoms with van der Waals surface area (Å²) >= 11 is 1.98. The van der Waals surface area contributed by atoms with E-state index in [9.17, 15) is 22.8 Å². The molecule has 0 radical (unpaired) electrons. The number of anilines is 1. The van der Waals surface area contributed by atoms with Gasteiger partial charge in [0.2, 0.25) is 5.91 Å². The smallest absolute Gasteiger partial charge is 0.348 e. The van der Waals surface area contributed by atoms with Crippen molar-refractivity contribution in [3.8, 4) is 0 Å². The highest BCUT2D eigenvalue weighted by Crippen LogP contribution is 2.34. The summed E-state index contributed by atoms with van der Waals surface area (Å²) in [6.45, 7) is 5.66. The maximum Gasteiger partial charge on any atom is 0.348 e. The first-order chi connectivity index (χ1) is 17.5. The minimum Gasteiger partial charge on any atom is -0.465 e. The van der Waals surface area contributed by atoms with Crippen LogP contribution in [0, 0.1) is 13.8 Å². The number of carbonyl (C=O) groups excluding carboxylic acids is 3. The second kappa shape index (κ2) is 11.9. The molecule has 2 heterocycles. The molecule has 37 heavy (non-hydrogen) atoms. The van der Waals surface area contributed by atoms with Crippen LogP contribution in [-0.4, -0.2) is 61.0 Å². The van der Waals surface area contributed by atoms with Gasteiger partial charge in [0, 0.05) is 6.54 Å². The number of sulfone groups is 1. The number of hydrogen-bond acceptors (Lipinski definition) is 11. The number of amides is 1. The van der Waals surface area contributed by atoms with Crippen LogP contribution in [0.3, 0.4) is 0 Å². The van der Waals surface area contributed by atoms with E-state index >= 15 is 0 Å². The third-order valence-electron chi connectivity index (χ3n) is 5.30. The number of rotatable bonds is 10. The van der Waals surface area contributed by atoms with Gasteiger partial charge in [-0.2, -0.15) is 0 Å². The molecule has 1 N–H and O–H groups in total. The summed E-state index contributed by atoms with van der Waals surface area (Å²) in [7, 11) is -1.22. The van der Waals surface area contributed by atoms with Crippen molar-refractivity contribution >= 4 is 55.8 Å². The standard InChI is InChI=1S/C23H26N4O7S3/c1-6-27-16(12-37(31,32)15-9-7-13(2)8-10-15)25-26-23(27)35-11-17(28)24-20-18(21(29)33-4)14(3)19(36-20)22(30)34-5/h7-10H,6,11-12H2,1-5H3,(H,24,28). The van der Waals surface area contributed by atoms with Crippen molar-refractivity contribution in [2.24, 2.45) is 0 Å². The zero-order valence-electron chi connectivity index (χ0n) is 20.9. The molecule has 198 valence electrons. The topological polar surface area (TPSA) is 147 Å². The van der Waals surface area contributed by atoms with Crippen molar-refractivity contribution in [2.75, 3.05) is 25.3 Å². The molecule has 0 saturated heterocycles. The molecule has 2 aromatic heterocycles. The fourth-order valence-electron chi connectivity index (χ4n) is 3.38. The number of aromatic nitrogens is 3. The van der Waals surface area contributed by atoms with E-state index in [2.05, 4.69) is 15.5 Å². The predicted octanol–water partition coefficient (Wildman–Crippen LogP) is 3.25. The van der Waals surface area contributed by atoms with Crippen molar-refractivity contribution in [3.63, 3.8) is 0 Å². The Labute approximate surface area is 222 Å². The SMILES string of the molecule is CCn1c(CS(=O)(=O)c2ccc(C)cc2)nnc1SCC(=O)Nc1sc(C(=O)OC)c(C)c1C(=O)OC. The van der Waals surface area contributed by atoms with Gasteiger partial charge in [-0.05, 0) is 38.5 Å². The molecular weight excluding hydrogens is 540 g/mol. The van der Waals surface area contributed by atoms with Gasteiger partial charge in [-0.3, -0.25) is 4.79 Å². The van der Waals surface area contributed by atoms with E-state index in [1.807, 2.05) is 13.8 Å². The number of esters is 2. The predicted molar refractivity (Wildman–Crippen MR) is 139 cm³/mol. The van der Waals surface area contributed by atoms with E-state index in [1.165, 1.54) is 14.2 Å². The van der Waals surface area contributed by atoms with Crippen molar-refractivity contribution in [3.05, 3.63) is 51.7 Å². The van der Waals surface area contributed by atoms with E-state index in [0.717, 1.165) is 28.7 Å². The number of thiophene rings is 1. The molecule has 3 aromatic rings. The minimum absolute atomic E-state index is 0.0755. The number of thioether (sulfide) groups is 1. The van der Waals surface area contributed by atoms with Crippen LogP contribution >= 0.6 is 23.1 Å². The maximum absolute atomic E-state index is 12.8. The summed E-state index contributed by atoms with van der Waals surface area (Å²) in [6.07, 6.45) is 0. The summed E-state index contributed by atoms with van der Waals surface area (Å²) in [5, 5.41) is 11.3. The number of benzene rings is 1. The monoisotopic (exact) mass is 566 g/mol. The van der Waals surface area contributed by atoms with Gasteiger partial charge in [-0.15, -0.1) is 21.5 Å². The molecule has 3 rings (SSSR count). The van der Waals surface area contributed by atoms with E-state index in [0.29, 0.717) is 17.3 Å². The number of nitrogens with zero attached hydrogens (tertiary/aromatic N) is 3. The Bertz CT molecular complexity index is 1430. The second-order valence-corrected chi connectivity index (χ2v) is 11.7. The molecule has 1 aromatic carbocycles. The van der Waals surface area contributed by atoms with E-state index in [1.54, 1.807) is 35.8 Å². The Balaban J connectivity index is 1.74. The van der Waals surface area contributed by atoms with E-state index in [4.69, 9.17) is 9.47 Å². The average molecular weight is 567 g/mol. The molecule has 0 unspecified atom stereocenters. The molecule has 14 heteroatoms. The number of aryl methyl sites for hydroxylation is 1. The molecule has 0 bridgehead atoms. The highest BCUT2D eigenvalue weighted by molar-refractivity contribution is 7.99. The number of carbonyl (C=O) groups is 3. The zero-order valence-corrected chi connectivity index (χ0v) is 23.3. The lowest BCUT2D eigenvalue weighted by Gasteiger charge is -2.09. The van der Waals surface area contributed by atoms with E-state index in [-0.39, 0.29) is 37.7 Å². The molecule has 0 fully saturated rings. The minimum atomic E-state index is -3.64. The summed E-state index contributed by atoms with van der Waals surface area (Å²) in [6, 6.07) is 6.56. The van der Waals surface area contributed by atoms with Gasteiger partial charge < -0.3 is 19.4 Å². The Kier molecular flexibility index (Phi) is 9.10. The van der Waals surface area contributed by atoms with Crippen LogP contribution in [0.2, 0.25) is 0 Å². The second-order valence-electron chi connectivity index (χ2n) is 7.80. The largest absolute Gasteiger partial charge is 0.465 e. The van der Waals surface area contributed by atoms with Gasteiger partial charge in [0.05, 0.1) is 30.4 Å². The van der Waals surface area contributed by atoms with Gasteiger partial charge in [0.1, 0.15) is 21.5 Å². The lowest BCUT2D eigenvalue weighted by Crippen LogP contribution is -2.16. The van der Waals surface area contributed by atoms with Gasteiger partial charge in [0.25, 0.3) is 0 Å². The van der Waals surface area contributed by atoms with Crippen LogP contribution in [0.15, 0.2) is 34.3 Å². The van der Waals surface area contributed by atoms with Crippen LogP contribution in [-0.2, 0) is 36.4 Å². The van der Waals surface area contributed by atoms with Crippen molar-refractivity contribution < 1.29 is 32.3 Å². The fraction of sp³-hybridized carbons (Fsp3) is 0.348.